The second-order valence-corrected chi connectivity index (χ2v) is 5.80. The van der Waals surface area contributed by atoms with Crippen molar-refractivity contribution >= 4 is 17.2 Å². The minimum absolute atomic E-state index is 0.0203. The van der Waals surface area contributed by atoms with Gasteiger partial charge in [0.1, 0.15) is 11.6 Å². The van der Waals surface area contributed by atoms with Gasteiger partial charge < -0.3 is 10.0 Å². The number of phenolic OH excluding ortho intramolecular Hbond substituents is 1. The molecule has 20 heavy (non-hydrogen) atoms. The van der Waals surface area contributed by atoms with Crippen molar-refractivity contribution in [3.8, 4) is 5.75 Å². The molecule has 1 amide bonds. The lowest BCUT2D eigenvalue weighted by atomic mass is 10.1. The van der Waals surface area contributed by atoms with E-state index in [4.69, 9.17) is 0 Å². The number of phenols is 1. The van der Waals surface area contributed by atoms with Crippen molar-refractivity contribution < 1.29 is 14.3 Å². The molecule has 5 heteroatoms. The molecule has 3 nitrogen and oxygen atoms in total. The van der Waals surface area contributed by atoms with Crippen LogP contribution in [0.15, 0.2) is 35.7 Å². The summed E-state index contributed by atoms with van der Waals surface area (Å²) in [5, 5.41) is 11.2. The molecular weight excluding hydrogens is 277 g/mol. The minimum Gasteiger partial charge on any atom is -0.508 e. The van der Waals surface area contributed by atoms with E-state index in [9.17, 15) is 14.3 Å². The maximum atomic E-state index is 13.8. The maximum absolute atomic E-state index is 13.8. The molecule has 0 spiro atoms. The fourth-order valence-electron chi connectivity index (χ4n) is 1.89. The Hall–Kier alpha value is -1.88. The van der Waals surface area contributed by atoms with Gasteiger partial charge in [-0.15, -0.1) is 11.3 Å². The van der Waals surface area contributed by atoms with Gasteiger partial charge >= 0.3 is 0 Å². The van der Waals surface area contributed by atoms with Crippen LogP contribution in [0.25, 0.3) is 0 Å². The maximum Gasteiger partial charge on any atom is 0.257 e. The van der Waals surface area contributed by atoms with E-state index in [2.05, 4.69) is 0 Å². The quantitative estimate of drug-likeness (QED) is 0.935. The molecule has 1 heterocycles. The molecule has 0 fully saturated rings. The van der Waals surface area contributed by atoms with Crippen LogP contribution in [0.4, 0.5) is 4.39 Å². The summed E-state index contributed by atoms with van der Waals surface area (Å²) < 4.78 is 13.8. The summed E-state index contributed by atoms with van der Waals surface area (Å²) in [6, 6.07) is 7.41. The molecule has 2 rings (SSSR count). The third-order valence-corrected chi connectivity index (χ3v) is 3.83. The normalized spacial score (nSPS) is 10.8. The Morgan fingerprint density at radius 2 is 2.15 bits per heavy atom. The molecule has 0 saturated carbocycles. The van der Waals surface area contributed by atoms with Gasteiger partial charge in [0.25, 0.3) is 5.91 Å². The van der Waals surface area contributed by atoms with E-state index in [0.717, 1.165) is 10.9 Å². The number of rotatable bonds is 4. The predicted molar refractivity (Wildman–Crippen MR) is 77.4 cm³/mol. The van der Waals surface area contributed by atoms with Crippen LogP contribution < -0.4 is 0 Å². The minimum atomic E-state index is -0.702. The van der Waals surface area contributed by atoms with Crippen molar-refractivity contribution in [1.29, 1.82) is 0 Å². The molecule has 0 atom stereocenters. The number of aromatic hydroxyl groups is 1. The van der Waals surface area contributed by atoms with Crippen LogP contribution in [-0.4, -0.2) is 22.0 Å². The van der Waals surface area contributed by atoms with Crippen LogP contribution in [0.5, 0.6) is 5.75 Å². The SMILES string of the molecule is CC(C)N(Cc1cccs1)C(=O)c1ccc(O)cc1F. The molecule has 2 aromatic rings. The van der Waals surface area contributed by atoms with E-state index in [0.29, 0.717) is 6.54 Å². The molecule has 0 aliphatic carbocycles. The van der Waals surface area contributed by atoms with Crippen molar-refractivity contribution in [2.45, 2.75) is 26.4 Å². The Kier molecular flexibility index (Phi) is 4.39. The first-order valence-electron chi connectivity index (χ1n) is 6.31. The summed E-state index contributed by atoms with van der Waals surface area (Å²) in [5.41, 5.74) is -0.0203. The summed E-state index contributed by atoms with van der Waals surface area (Å²) in [6.07, 6.45) is 0. The van der Waals surface area contributed by atoms with Crippen molar-refractivity contribution in [1.82, 2.24) is 4.90 Å². The molecule has 0 saturated heterocycles. The predicted octanol–water partition coefficient (Wildman–Crippen LogP) is 3.64. The fourth-order valence-corrected chi connectivity index (χ4v) is 2.59. The number of amides is 1. The largest absolute Gasteiger partial charge is 0.508 e. The van der Waals surface area contributed by atoms with E-state index in [1.54, 1.807) is 16.2 Å². The van der Waals surface area contributed by atoms with Crippen LogP contribution in [0, 0.1) is 5.82 Å². The van der Waals surface area contributed by atoms with Crippen LogP contribution in [0.3, 0.4) is 0 Å². The van der Waals surface area contributed by atoms with Crippen molar-refractivity contribution in [3.05, 3.63) is 52.0 Å². The molecule has 106 valence electrons. The van der Waals surface area contributed by atoms with E-state index < -0.39 is 5.82 Å². The number of benzene rings is 1. The molecule has 0 bridgehead atoms. The highest BCUT2D eigenvalue weighted by Crippen LogP contribution is 2.20. The van der Waals surface area contributed by atoms with E-state index in [-0.39, 0.29) is 23.3 Å². The van der Waals surface area contributed by atoms with Crippen LogP contribution >= 0.6 is 11.3 Å². The highest BCUT2D eigenvalue weighted by molar-refractivity contribution is 7.09. The Bertz CT molecular complexity index is 596. The molecule has 0 aliphatic rings. The summed E-state index contributed by atoms with van der Waals surface area (Å²) in [6.45, 7) is 4.24. The first-order chi connectivity index (χ1) is 9.49. The molecular formula is C15H16FNO2S. The van der Waals surface area contributed by atoms with Gasteiger partial charge in [-0.05, 0) is 37.4 Å². The summed E-state index contributed by atoms with van der Waals surface area (Å²) in [4.78, 5) is 15.1. The Morgan fingerprint density at radius 1 is 1.40 bits per heavy atom. The highest BCUT2D eigenvalue weighted by atomic mass is 32.1. The lowest BCUT2D eigenvalue weighted by Crippen LogP contribution is -2.36. The average Bonchev–Trinajstić information content (AvgIpc) is 2.87. The first kappa shape index (κ1) is 14.5. The zero-order valence-electron chi connectivity index (χ0n) is 11.3. The number of carbonyl (C=O) groups is 1. The van der Waals surface area contributed by atoms with Gasteiger partial charge in [0.2, 0.25) is 0 Å². The standard InChI is InChI=1S/C15H16FNO2S/c1-10(2)17(9-12-4-3-7-20-12)15(19)13-6-5-11(18)8-14(13)16/h3-8,10,18H,9H2,1-2H3. The van der Waals surface area contributed by atoms with Gasteiger partial charge in [-0.25, -0.2) is 4.39 Å². The first-order valence-corrected chi connectivity index (χ1v) is 7.19. The second-order valence-electron chi connectivity index (χ2n) is 4.77. The highest BCUT2D eigenvalue weighted by Gasteiger charge is 2.22. The van der Waals surface area contributed by atoms with Crippen LogP contribution in [-0.2, 0) is 6.54 Å². The molecule has 1 aromatic heterocycles. The van der Waals surface area contributed by atoms with Crippen molar-refractivity contribution in [2.24, 2.45) is 0 Å². The zero-order chi connectivity index (χ0) is 14.7. The van der Waals surface area contributed by atoms with Gasteiger partial charge in [0.05, 0.1) is 12.1 Å². The Balaban J connectivity index is 2.27. The molecule has 0 unspecified atom stereocenters. The number of hydrogen-bond acceptors (Lipinski definition) is 3. The zero-order valence-corrected chi connectivity index (χ0v) is 12.2. The van der Waals surface area contributed by atoms with E-state index >= 15 is 0 Å². The number of nitrogens with zero attached hydrogens (tertiary/aromatic N) is 1. The van der Waals surface area contributed by atoms with Gasteiger partial charge in [0.15, 0.2) is 0 Å². The number of halogens is 1. The smallest absolute Gasteiger partial charge is 0.257 e. The molecule has 1 aromatic carbocycles. The lowest BCUT2D eigenvalue weighted by Gasteiger charge is -2.26. The van der Waals surface area contributed by atoms with Gasteiger partial charge in [-0.2, -0.15) is 0 Å². The van der Waals surface area contributed by atoms with E-state index in [1.807, 2.05) is 31.4 Å². The summed E-state index contributed by atoms with van der Waals surface area (Å²) >= 11 is 1.56. The summed E-state index contributed by atoms with van der Waals surface area (Å²) in [5.74, 6) is -1.26. The van der Waals surface area contributed by atoms with Gasteiger partial charge in [-0.1, -0.05) is 6.07 Å². The van der Waals surface area contributed by atoms with Crippen molar-refractivity contribution in [3.63, 3.8) is 0 Å². The summed E-state index contributed by atoms with van der Waals surface area (Å²) in [7, 11) is 0. The van der Waals surface area contributed by atoms with E-state index in [1.165, 1.54) is 12.1 Å². The van der Waals surface area contributed by atoms with Crippen molar-refractivity contribution in [2.75, 3.05) is 0 Å². The lowest BCUT2D eigenvalue weighted by molar-refractivity contribution is 0.0687. The molecule has 1 N–H and O–H groups in total. The Labute approximate surface area is 121 Å². The molecule has 0 radical (unpaired) electrons. The van der Waals surface area contributed by atoms with Gasteiger partial charge in [-0.3, -0.25) is 4.79 Å². The third-order valence-electron chi connectivity index (χ3n) is 2.97. The molecule has 0 aliphatic heterocycles. The second kappa shape index (κ2) is 6.05. The van der Waals surface area contributed by atoms with Crippen LogP contribution in [0.2, 0.25) is 0 Å². The van der Waals surface area contributed by atoms with Crippen LogP contribution in [0.1, 0.15) is 29.1 Å². The monoisotopic (exact) mass is 293 g/mol. The fraction of sp³-hybridized carbons (Fsp3) is 0.267. The number of carbonyl (C=O) groups excluding carboxylic acids is 1. The third kappa shape index (κ3) is 3.17. The topological polar surface area (TPSA) is 40.5 Å². The van der Waals surface area contributed by atoms with Gasteiger partial charge in [0, 0.05) is 17.0 Å². The Morgan fingerprint density at radius 3 is 2.70 bits per heavy atom. The average molecular weight is 293 g/mol. The number of thiophene rings is 1. The number of hydrogen-bond donors (Lipinski definition) is 1.